The molecule has 9 heteroatoms. The second-order valence-electron chi connectivity index (χ2n) is 5.55. The molecule has 0 radical (unpaired) electrons. The van der Waals surface area contributed by atoms with Crippen LogP contribution in [0.3, 0.4) is 0 Å². The van der Waals surface area contributed by atoms with Crippen LogP contribution in [0.4, 0.5) is 0 Å². The first-order chi connectivity index (χ1) is 8.26. The molecule has 0 aliphatic heterocycles. The topological polar surface area (TPSA) is 221 Å². The van der Waals surface area contributed by atoms with E-state index in [-0.39, 0.29) is 11.6 Å². The summed E-state index contributed by atoms with van der Waals surface area (Å²) < 4.78 is 0. The lowest BCUT2D eigenvalue weighted by molar-refractivity contribution is 0.0609. The third-order valence-corrected chi connectivity index (χ3v) is 3.88. The van der Waals surface area contributed by atoms with E-state index in [4.69, 9.17) is 45.9 Å². The van der Waals surface area contributed by atoms with Crippen molar-refractivity contribution in [2.45, 2.75) is 36.5 Å². The van der Waals surface area contributed by atoms with Gasteiger partial charge in [-0.2, -0.15) is 0 Å². The Bertz CT molecular complexity index is 430. The average molecular weight is 271 g/mol. The molecule has 0 spiro atoms. The first-order valence-electron chi connectivity index (χ1n) is 5.79. The summed E-state index contributed by atoms with van der Waals surface area (Å²) in [5, 5.41) is 0. The molecule has 0 atom stereocenters. The maximum absolute atomic E-state index is 6.07. The van der Waals surface area contributed by atoms with E-state index >= 15 is 0 Å². The molecular weight excluding hydrogens is 246 g/mol. The Morgan fingerprint density at radius 2 is 1.21 bits per heavy atom. The Kier molecular flexibility index (Phi) is 3.43. The summed E-state index contributed by atoms with van der Waals surface area (Å²) in [6.07, 6.45) is 0. The molecule has 9 nitrogen and oxygen atoms in total. The van der Waals surface area contributed by atoms with Crippen LogP contribution in [0.5, 0.6) is 0 Å². The van der Waals surface area contributed by atoms with E-state index in [9.17, 15) is 0 Å². The SMILES string of the molecule is C=NC1=C(C(C)C)C(N)(N)C(N)(N)C(N)(N)C1(N)N. The van der Waals surface area contributed by atoms with E-state index in [1.165, 1.54) is 0 Å². The Balaban J connectivity index is 3.84. The van der Waals surface area contributed by atoms with Crippen LogP contribution < -0.4 is 45.9 Å². The summed E-state index contributed by atoms with van der Waals surface area (Å²) in [5.74, 6) is -0.176. The van der Waals surface area contributed by atoms with Crippen LogP contribution in [-0.4, -0.2) is 29.4 Å². The number of hydrogen-bond acceptors (Lipinski definition) is 9. The van der Waals surface area contributed by atoms with Gasteiger partial charge in [0.15, 0.2) is 0 Å². The lowest BCUT2D eigenvalue weighted by Gasteiger charge is -2.60. The van der Waals surface area contributed by atoms with Crippen LogP contribution in [0.15, 0.2) is 16.3 Å². The highest BCUT2D eigenvalue weighted by atomic mass is 15.3. The first kappa shape index (κ1) is 16.1. The Labute approximate surface area is 112 Å². The van der Waals surface area contributed by atoms with Gasteiger partial charge < -0.3 is 45.9 Å². The highest BCUT2D eigenvalue weighted by Crippen LogP contribution is 2.41. The van der Waals surface area contributed by atoms with Crippen LogP contribution in [0.25, 0.3) is 0 Å². The molecule has 0 bridgehead atoms. The molecule has 0 saturated carbocycles. The normalized spacial score (nSPS) is 27.5. The predicted molar refractivity (Wildman–Crippen MR) is 75.8 cm³/mol. The Morgan fingerprint density at radius 1 is 0.842 bits per heavy atom. The molecule has 0 saturated heterocycles. The van der Waals surface area contributed by atoms with Crippen LogP contribution in [0, 0.1) is 5.92 Å². The molecule has 0 aromatic rings. The second-order valence-corrected chi connectivity index (χ2v) is 5.55. The van der Waals surface area contributed by atoms with Gasteiger partial charge in [-0.3, -0.25) is 4.99 Å². The molecule has 0 amide bonds. The van der Waals surface area contributed by atoms with E-state index in [0.29, 0.717) is 5.57 Å². The molecule has 0 aromatic carbocycles. The zero-order chi connectivity index (χ0) is 15.4. The molecule has 0 unspecified atom stereocenters. The van der Waals surface area contributed by atoms with Gasteiger partial charge in [-0.1, -0.05) is 13.8 Å². The number of hydrogen-bond donors (Lipinski definition) is 8. The maximum Gasteiger partial charge on any atom is 0.143 e. The molecule has 1 rings (SSSR count). The molecule has 1 aliphatic rings. The largest absolute Gasteiger partial charge is 0.308 e. The van der Waals surface area contributed by atoms with Gasteiger partial charge in [0.25, 0.3) is 0 Å². The van der Waals surface area contributed by atoms with Gasteiger partial charge in [0, 0.05) is 0 Å². The monoisotopic (exact) mass is 271 g/mol. The van der Waals surface area contributed by atoms with Crippen LogP contribution in [-0.2, 0) is 0 Å². The summed E-state index contributed by atoms with van der Waals surface area (Å²) in [5.41, 5.74) is 41.0. The minimum Gasteiger partial charge on any atom is -0.308 e. The van der Waals surface area contributed by atoms with Crippen molar-refractivity contribution in [3.63, 3.8) is 0 Å². The maximum atomic E-state index is 6.07. The van der Waals surface area contributed by atoms with Crippen molar-refractivity contribution in [3.05, 3.63) is 11.3 Å². The Morgan fingerprint density at radius 3 is 1.53 bits per heavy atom. The standard InChI is InChI=1S/C10H25N9/c1-4(2)5-6(19-3)8(13,14)10(17,18)9(15,16)7(5,11)12/h4H,3,11-18H2,1-2H3. The minimum atomic E-state index is -1.99. The summed E-state index contributed by atoms with van der Waals surface area (Å²) in [6.45, 7) is 7.06. The fraction of sp³-hybridized carbons (Fsp3) is 0.700. The van der Waals surface area contributed by atoms with Crippen LogP contribution in [0.1, 0.15) is 13.8 Å². The number of nitrogens with two attached hydrogens (primary N) is 8. The smallest absolute Gasteiger partial charge is 0.143 e. The minimum absolute atomic E-state index is 0.115. The lowest BCUT2D eigenvalue weighted by atomic mass is 9.64. The third-order valence-electron chi connectivity index (χ3n) is 3.88. The Hall–Kier alpha value is -0.910. The highest BCUT2D eigenvalue weighted by Gasteiger charge is 2.67. The zero-order valence-electron chi connectivity index (χ0n) is 11.4. The van der Waals surface area contributed by atoms with E-state index in [1.807, 2.05) is 13.8 Å². The van der Waals surface area contributed by atoms with Crippen molar-refractivity contribution in [3.8, 4) is 0 Å². The first-order valence-corrected chi connectivity index (χ1v) is 5.79. The molecule has 0 aromatic heterocycles. The number of rotatable bonds is 2. The molecular formula is C10H25N9. The third kappa shape index (κ3) is 1.68. The summed E-state index contributed by atoms with van der Waals surface area (Å²) in [6, 6.07) is 0. The van der Waals surface area contributed by atoms with Gasteiger partial charge in [0.2, 0.25) is 0 Å². The molecule has 0 heterocycles. The summed E-state index contributed by atoms with van der Waals surface area (Å²) in [7, 11) is 0. The van der Waals surface area contributed by atoms with Crippen molar-refractivity contribution in [2.24, 2.45) is 56.8 Å². The lowest BCUT2D eigenvalue weighted by Crippen LogP contribution is -2.99. The average Bonchev–Trinajstić information content (AvgIpc) is 2.21. The zero-order valence-corrected chi connectivity index (χ0v) is 11.4. The summed E-state index contributed by atoms with van der Waals surface area (Å²) in [4.78, 5) is 3.81. The molecule has 16 N–H and O–H groups in total. The molecule has 110 valence electrons. The van der Waals surface area contributed by atoms with Crippen molar-refractivity contribution in [2.75, 3.05) is 0 Å². The quantitative estimate of drug-likeness (QED) is 0.182. The van der Waals surface area contributed by atoms with Gasteiger partial charge in [-0.15, -0.1) is 0 Å². The number of nitrogens with zero attached hydrogens (tertiary/aromatic N) is 1. The number of aliphatic imine (C=N–C) groups is 1. The predicted octanol–water partition coefficient (Wildman–Crippen LogP) is -3.93. The van der Waals surface area contributed by atoms with E-state index in [0.717, 1.165) is 0 Å². The van der Waals surface area contributed by atoms with Gasteiger partial charge in [0.1, 0.15) is 22.7 Å². The van der Waals surface area contributed by atoms with E-state index in [2.05, 4.69) is 11.7 Å². The van der Waals surface area contributed by atoms with Gasteiger partial charge >= 0.3 is 0 Å². The van der Waals surface area contributed by atoms with Crippen molar-refractivity contribution >= 4 is 6.72 Å². The van der Waals surface area contributed by atoms with E-state index in [1.54, 1.807) is 0 Å². The van der Waals surface area contributed by atoms with Crippen molar-refractivity contribution in [1.29, 1.82) is 0 Å². The van der Waals surface area contributed by atoms with Gasteiger partial charge in [-0.25, -0.2) is 0 Å². The van der Waals surface area contributed by atoms with Crippen molar-refractivity contribution < 1.29 is 0 Å². The van der Waals surface area contributed by atoms with Crippen LogP contribution >= 0.6 is 0 Å². The van der Waals surface area contributed by atoms with Crippen molar-refractivity contribution in [1.82, 2.24) is 0 Å². The van der Waals surface area contributed by atoms with Gasteiger partial charge in [0.05, 0.1) is 5.70 Å². The highest BCUT2D eigenvalue weighted by molar-refractivity contribution is 5.49. The fourth-order valence-electron chi connectivity index (χ4n) is 2.49. The van der Waals surface area contributed by atoms with Crippen LogP contribution in [0.2, 0.25) is 0 Å². The van der Waals surface area contributed by atoms with E-state index < -0.39 is 22.7 Å². The second kappa shape index (κ2) is 4.04. The molecule has 19 heavy (non-hydrogen) atoms. The fourth-order valence-corrected chi connectivity index (χ4v) is 2.49. The van der Waals surface area contributed by atoms with Gasteiger partial charge in [-0.05, 0) is 18.2 Å². The summed E-state index contributed by atoms with van der Waals surface area (Å²) >= 11 is 0. The molecule has 0 fully saturated rings. The molecule has 1 aliphatic carbocycles.